The Hall–Kier alpha value is -1.35. The Bertz CT molecular complexity index is 493. The number of carbonyl (C=O) groups excluding carboxylic acids is 1. The number of benzene rings is 1. The predicted octanol–water partition coefficient (Wildman–Crippen LogP) is 2.57. The highest BCUT2D eigenvalue weighted by molar-refractivity contribution is 5.80. The van der Waals surface area contributed by atoms with E-state index in [1.807, 2.05) is 4.90 Å². The van der Waals surface area contributed by atoms with Gasteiger partial charge in [0.25, 0.3) is 0 Å². The van der Waals surface area contributed by atoms with Gasteiger partial charge in [0.2, 0.25) is 5.91 Å². The van der Waals surface area contributed by atoms with E-state index in [4.69, 9.17) is 5.73 Å². The fourth-order valence-corrected chi connectivity index (χ4v) is 3.21. The van der Waals surface area contributed by atoms with Gasteiger partial charge < -0.3 is 10.6 Å². The van der Waals surface area contributed by atoms with Crippen LogP contribution < -0.4 is 5.73 Å². The maximum Gasteiger partial charge on any atom is 0.225 e. The number of nitrogens with zero attached hydrogens (tertiary/aromatic N) is 1. The van der Waals surface area contributed by atoms with Crippen molar-refractivity contribution in [3.8, 4) is 0 Å². The highest BCUT2D eigenvalue weighted by atomic mass is 16.2. The molecule has 0 bridgehead atoms. The van der Waals surface area contributed by atoms with Crippen LogP contribution in [0, 0.1) is 0 Å². The van der Waals surface area contributed by atoms with Gasteiger partial charge >= 0.3 is 0 Å². The van der Waals surface area contributed by atoms with Gasteiger partial charge in [-0.3, -0.25) is 4.79 Å². The Balaban J connectivity index is 1.94. The van der Waals surface area contributed by atoms with Crippen LogP contribution in [0.4, 0.5) is 0 Å². The lowest BCUT2D eigenvalue weighted by atomic mass is 9.97. The highest BCUT2D eigenvalue weighted by Crippen LogP contribution is 2.42. The second-order valence-corrected chi connectivity index (χ2v) is 6.15. The standard InChI is InChI=1S/C16H22N2O/c1-10(2)18-15(19)9-14(17)16(18)13-5-3-4-12(8-13)11-6-7-11/h3-5,8,10-11,14,16H,6-7,9,17H2,1-2H3. The van der Waals surface area contributed by atoms with Crippen LogP contribution >= 0.6 is 0 Å². The minimum Gasteiger partial charge on any atom is -0.332 e. The maximum atomic E-state index is 12.1. The summed E-state index contributed by atoms with van der Waals surface area (Å²) in [5.74, 6) is 0.921. The lowest BCUT2D eigenvalue weighted by Crippen LogP contribution is -2.37. The molecule has 2 fully saturated rings. The third-order valence-electron chi connectivity index (χ3n) is 4.26. The molecule has 2 atom stereocenters. The van der Waals surface area contributed by atoms with Crippen molar-refractivity contribution in [1.29, 1.82) is 0 Å². The summed E-state index contributed by atoms with van der Waals surface area (Å²) in [5, 5.41) is 0. The summed E-state index contributed by atoms with van der Waals surface area (Å²) in [6.45, 7) is 4.13. The molecule has 0 spiro atoms. The van der Waals surface area contributed by atoms with Crippen molar-refractivity contribution in [3.63, 3.8) is 0 Å². The van der Waals surface area contributed by atoms with Gasteiger partial charge in [0, 0.05) is 18.5 Å². The summed E-state index contributed by atoms with van der Waals surface area (Å²) >= 11 is 0. The molecule has 3 nitrogen and oxygen atoms in total. The molecule has 2 N–H and O–H groups in total. The van der Waals surface area contributed by atoms with Crippen LogP contribution in [0.15, 0.2) is 24.3 Å². The van der Waals surface area contributed by atoms with Crippen molar-refractivity contribution < 1.29 is 4.79 Å². The first kappa shape index (κ1) is 12.7. The van der Waals surface area contributed by atoms with Gasteiger partial charge in [-0.1, -0.05) is 24.3 Å². The van der Waals surface area contributed by atoms with Crippen LogP contribution in [0.1, 0.15) is 56.2 Å². The number of likely N-dealkylation sites (tertiary alicyclic amines) is 1. The molecular weight excluding hydrogens is 236 g/mol. The minimum absolute atomic E-state index is 0.0474. The van der Waals surface area contributed by atoms with Crippen LogP contribution in [0.2, 0.25) is 0 Å². The fourth-order valence-electron chi connectivity index (χ4n) is 3.21. The van der Waals surface area contributed by atoms with Gasteiger partial charge in [-0.25, -0.2) is 0 Å². The molecule has 1 saturated carbocycles. The van der Waals surface area contributed by atoms with Crippen molar-refractivity contribution >= 4 is 5.91 Å². The average Bonchev–Trinajstić information content (AvgIpc) is 3.15. The van der Waals surface area contributed by atoms with E-state index in [9.17, 15) is 4.79 Å². The molecule has 1 heterocycles. The predicted molar refractivity (Wildman–Crippen MR) is 75.7 cm³/mol. The Morgan fingerprint density at radius 1 is 1.26 bits per heavy atom. The molecule has 2 unspecified atom stereocenters. The molecule has 0 radical (unpaired) electrons. The molecule has 3 heteroatoms. The number of amides is 1. The van der Waals surface area contributed by atoms with Crippen molar-refractivity contribution in [1.82, 2.24) is 4.90 Å². The topological polar surface area (TPSA) is 46.3 Å². The van der Waals surface area contributed by atoms with E-state index < -0.39 is 0 Å². The molecule has 1 aliphatic heterocycles. The summed E-state index contributed by atoms with van der Waals surface area (Å²) < 4.78 is 0. The normalized spacial score (nSPS) is 27.4. The van der Waals surface area contributed by atoms with Crippen molar-refractivity contribution in [2.45, 2.75) is 57.2 Å². The Morgan fingerprint density at radius 3 is 2.58 bits per heavy atom. The van der Waals surface area contributed by atoms with E-state index in [1.54, 1.807) is 0 Å². The zero-order valence-electron chi connectivity index (χ0n) is 11.7. The van der Waals surface area contributed by atoms with E-state index in [-0.39, 0.29) is 24.0 Å². The Morgan fingerprint density at radius 2 is 1.95 bits per heavy atom. The van der Waals surface area contributed by atoms with E-state index in [0.29, 0.717) is 6.42 Å². The molecule has 1 amide bonds. The minimum atomic E-state index is -0.0793. The summed E-state index contributed by atoms with van der Waals surface area (Å²) in [7, 11) is 0. The Labute approximate surface area is 114 Å². The Kier molecular flexibility index (Phi) is 3.09. The second-order valence-electron chi connectivity index (χ2n) is 6.15. The number of hydrogen-bond donors (Lipinski definition) is 1. The molecule has 0 aromatic heterocycles. The third kappa shape index (κ3) is 2.27. The molecule has 1 aliphatic carbocycles. The van der Waals surface area contributed by atoms with Crippen molar-refractivity contribution in [2.24, 2.45) is 5.73 Å². The highest BCUT2D eigenvalue weighted by Gasteiger charge is 2.40. The first-order valence-electron chi connectivity index (χ1n) is 7.24. The zero-order valence-corrected chi connectivity index (χ0v) is 11.7. The lowest BCUT2D eigenvalue weighted by Gasteiger charge is -2.31. The van der Waals surface area contributed by atoms with E-state index in [0.717, 1.165) is 5.92 Å². The largest absolute Gasteiger partial charge is 0.332 e. The van der Waals surface area contributed by atoms with Crippen LogP contribution in [0.5, 0.6) is 0 Å². The maximum absolute atomic E-state index is 12.1. The second kappa shape index (κ2) is 4.64. The monoisotopic (exact) mass is 258 g/mol. The van der Waals surface area contributed by atoms with Gasteiger partial charge in [0.05, 0.1) is 6.04 Å². The number of nitrogens with two attached hydrogens (primary N) is 1. The molecule has 1 saturated heterocycles. The van der Waals surface area contributed by atoms with E-state index in [2.05, 4.69) is 38.1 Å². The number of rotatable bonds is 3. The van der Waals surface area contributed by atoms with Gasteiger partial charge in [-0.15, -0.1) is 0 Å². The first-order chi connectivity index (χ1) is 9.08. The number of hydrogen-bond acceptors (Lipinski definition) is 2. The molecular formula is C16H22N2O. The molecule has 1 aromatic carbocycles. The third-order valence-corrected chi connectivity index (χ3v) is 4.26. The molecule has 3 rings (SSSR count). The molecule has 102 valence electrons. The summed E-state index contributed by atoms with van der Waals surface area (Å²) in [4.78, 5) is 14.0. The quantitative estimate of drug-likeness (QED) is 0.905. The molecule has 1 aromatic rings. The smallest absolute Gasteiger partial charge is 0.225 e. The van der Waals surface area contributed by atoms with Crippen LogP contribution in [-0.4, -0.2) is 22.9 Å². The zero-order chi connectivity index (χ0) is 13.6. The van der Waals surface area contributed by atoms with Crippen molar-refractivity contribution in [3.05, 3.63) is 35.4 Å². The van der Waals surface area contributed by atoms with Gasteiger partial charge in [-0.05, 0) is 43.7 Å². The SMILES string of the molecule is CC(C)N1C(=O)CC(N)C1c1cccc(C2CC2)c1. The van der Waals surface area contributed by atoms with Gasteiger partial charge in [0.1, 0.15) is 0 Å². The molecule has 19 heavy (non-hydrogen) atoms. The van der Waals surface area contributed by atoms with E-state index >= 15 is 0 Å². The lowest BCUT2D eigenvalue weighted by molar-refractivity contribution is -0.130. The van der Waals surface area contributed by atoms with Crippen LogP contribution in [0.3, 0.4) is 0 Å². The molecule has 2 aliphatic rings. The van der Waals surface area contributed by atoms with Crippen LogP contribution in [0.25, 0.3) is 0 Å². The summed E-state index contributed by atoms with van der Waals surface area (Å²) in [6.07, 6.45) is 3.07. The first-order valence-corrected chi connectivity index (χ1v) is 7.24. The summed E-state index contributed by atoms with van der Waals surface area (Å²) in [5.41, 5.74) is 8.82. The van der Waals surface area contributed by atoms with Gasteiger partial charge in [0.15, 0.2) is 0 Å². The average molecular weight is 258 g/mol. The number of carbonyl (C=O) groups is 1. The van der Waals surface area contributed by atoms with Gasteiger partial charge in [-0.2, -0.15) is 0 Å². The fraction of sp³-hybridized carbons (Fsp3) is 0.562. The van der Waals surface area contributed by atoms with E-state index in [1.165, 1.54) is 24.0 Å². The van der Waals surface area contributed by atoms with Crippen molar-refractivity contribution in [2.75, 3.05) is 0 Å². The summed E-state index contributed by atoms with van der Waals surface area (Å²) in [6, 6.07) is 8.85. The van der Waals surface area contributed by atoms with Crippen LogP contribution in [-0.2, 0) is 4.79 Å².